The van der Waals surface area contributed by atoms with Gasteiger partial charge in [0, 0.05) is 0 Å². The molecule has 0 aliphatic carbocycles. The zero-order valence-corrected chi connectivity index (χ0v) is 6.73. The zero-order chi connectivity index (χ0) is 8.27. The quantitative estimate of drug-likeness (QED) is 0.636. The van der Waals surface area contributed by atoms with Crippen molar-refractivity contribution in [3.05, 3.63) is 29.6 Å². The van der Waals surface area contributed by atoms with Crippen molar-refractivity contribution in [3.63, 3.8) is 0 Å². The van der Waals surface area contributed by atoms with E-state index in [-0.39, 0.29) is 5.82 Å². The van der Waals surface area contributed by atoms with E-state index in [2.05, 4.69) is 0 Å². The first-order valence-electron chi connectivity index (χ1n) is 3.63. The molecule has 1 rings (SSSR count). The van der Waals surface area contributed by atoms with E-state index in [1.54, 1.807) is 6.07 Å². The highest BCUT2D eigenvalue weighted by Gasteiger charge is 1.98. The summed E-state index contributed by atoms with van der Waals surface area (Å²) in [6.07, 6.45) is 0. The molecule has 0 atom stereocenters. The van der Waals surface area contributed by atoms with Crippen LogP contribution in [0.2, 0.25) is 0 Å². The van der Waals surface area contributed by atoms with Crippen molar-refractivity contribution >= 4 is 0 Å². The van der Waals surface area contributed by atoms with Crippen molar-refractivity contribution in [2.24, 2.45) is 0 Å². The molecule has 0 saturated carbocycles. The van der Waals surface area contributed by atoms with Crippen LogP contribution in [-0.2, 0) is 0 Å². The van der Waals surface area contributed by atoms with Gasteiger partial charge in [0.1, 0.15) is 11.6 Å². The molecule has 11 heavy (non-hydrogen) atoms. The summed E-state index contributed by atoms with van der Waals surface area (Å²) in [4.78, 5) is 0. The molecule has 0 N–H and O–H groups in total. The first-order chi connectivity index (χ1) is 5.24. The SMILES string of the molecule is CCOc1ccc(F)cc1C. The Balaban J connectivity index is 2.90. The van der Waals surface area contributed by atoms with E-state index in [9.17, 15) is 4.39 Å². The molecule has 0 saturated heterocycles. The molecule has 0 fully saturated rings. The normalized spacial score (nSPS) is 9.73. The second-order valence-electron chi connectivity index (χ2n) is 2.34. The van der Waals surface area contributed by atoms with Gasteiger partial charge in [0.05, 0.1) is 6.61 Å². The van der Waals surface area contributed by atoms with E-state index in [0.29, 0.717) is 6.61 Å². The van der Waals surface area contributed by atoms with Crippen molar-refractivity contribution in [2.45, 2.75) is 13.8 Å². The van der Waals surface area contributed by atoms with E-state index in [0.717, 1.165) is 11.3 Å². The third kappa shape index (κ3) is 1.93. The second kappa shape index (κ2) is 3.37. The highest BCUT2D eigenvalue weighted by molar-refractivity contribution is 5.32. The molecule has 1 nitrogen and oxygen atoms in total. The van der Waals surface area contributed by atoms with Gasteiger partial charge in [-0.3, -0.25) is 0 Å². The van der Waals surface area contributed by atoms with Gasteiger partial charge in [-0.2, -0.15) is 0 Å². The van der Waals surface area contributed by atoms with E-state index in [1.165, 1.54) is 12.1 Å². The fourth-order valence-electron chi connectivity index (χ4n) is 0.930. The third-order valence-electron chi connectivity index (χ3n) is 1.44. The van der Waals surface area contributed by atoms with Crippen LogP contribution in [0.1, 0.15) is 12.5 Å². The first kappa shape index (κ1) is 8.05. The lowest BCUT2D eigenvalue weighted by molar-refractivity contribution is 0.337. The molecule has 0 aliphatic rings. The van der Waals surface area contributed by atoms with Gasteiger partial charge in [-0.15, -0.1) is 0 Å². The number of aryl methyl sites for hydroxylation is 1. The van der Waals surface area contributed by atoms with Crippen LogP contribution in [-0.4, -0.2) is 6.61 Å². The maximum absolute atomic E-state index is 12.5. The lowest BCUT2D eigenvalue weighted by Crippen LogP contribution is -1.93. The van der Waals surface area contributed by atoms with Gasteiger partial charge in [-0.25, -0.2) is 4.39 Å². The van der Waals surface area contributed by atoms with Gasteiger partial charge in [-0.1, -0.05) is 0 Å². The third-order valence-corrected chi connectivity index (χ3v) is 1.44. The fraction of sp³-hybridized carbons (Fsp3) is 0.333. The van der Waals surface area contributed by atoms with E-state index in [4.69, 9.17) is 4.74 Å². The topological polar surface area (TPSA) is 9.23 Å². The smallest absolute Gasteiger partial charge is 0.123 e. The van der Waals surface area contributed by atoms with Gasteiger partial charge < -0.3 is 4.74 Å². The number of benzene rings is 1. The molecular formula is C9H11FO. The minimum Gasteiger partial charge on any atom is -0.494 e. The number of rotatable bonds is 2. The van der Waals surface area contributed by atoms with Crippen LogP contribution in [0, 0.1) is 12.7 Å². The summed E-state index contributed by atoms with van der Waals surface area (Å²) in [5, 5.41) is 0. The predicted molar refractivity (Wildman–Crippen MR) is 42.3 cm³/mol. The Labute approximate surface area is 65.8 Å². The summed E-state index contributed by atoms with van der Waals surface area (Å²) in [5.74, 6) is 0.542. The van der Waals surface area contributed by atoms with Gasteiger partial charge >= 0.3 is 0 Å². The van der Waals surface area contributed by atoms with Crippen LogP contribution in [0.15, 0.2) is 18.2 Å². The molecule has 0 aromatic heterocycles. The maximum atomic E-state index is 12.5. The molecule has 0 unspecified atom stereocenters. The number of ether oxygens (including phenoxy) is 1. The Morgan fingerprint density at radius 2 is 2.18 bits per heavy atom. The Kier molecular flexibility index (Phi) is 2.47. The van der Waals surface area contributed by atoms with Crippen molar-refractivity contribution in [1.82, 2.24) is 0 Å². The van der Waals surface area contributed by atoms with Crippen LogP contribution in [0.4, 0.5) is 4.39 Å². The van der Waals surface area contributed by atoms with E-state index < -0.39 is 0 Å². The molecule has 0 spiro atoms. The summed E-state index contributed by atoms with van der Waals surface area (Å²) in [7, 11) is 0. The molecular weight excluding hydrogens is 143 g/mol. The molecule has 0 amide bonds. The van der Waals surface area contributed by atoms with Gasteiger partial charge in [0.2, 0.25) is 0 Å². The van der Waals surface area contributed by atoms with Crippen LogP contribution in [0.5, 0.6) is 5.75 Å². The zero-order valence-electron chi connectivity index (χ0n) is 6.73. The molecule has 0 radical (unpaired) electrons. The number of hydrogen-bond acceptors (Lipinski definition) is 1. The lowest BCUT2D eigenvalue weighted by atomic mass is 10.2. The molecule has 0 bridgehead atoms. The number of halogens is 1. The standard InChI is InChI=1S/C9H11FO/c1-3-11-9-5-4-8(10)6-7(9)2/h4-6H,3H2,1-2H3. The van der Waals surface area contributed by atoms with Crippen molar-refractivity contribution < 1.29 is 9.13 Å². The van der Waals surface area contributed by atoms with Gasteiger partial charge in [0.15, 0.2) is 0 Å². The molecule has 1 aromatic carbocycles. The summed E-state index contributed by atoms with van der Waals surface area (Å²) in [6, 6.07) is 4.51. The van der Waals surface area contributed by atoms with Crippen molar-refractivity contribution in [1.29, 1.82) is 0 Å². The summed E-state index contributed by atoms with van der Waals surface area (Å²) >= 11 is 0. The first-order valence-corrected chi connectivity index (χ1v) is 3.63. The largest absolute Gasteiger partial charge is 0.494 e. The van der Waals surface area contributed by atoms with Crippen LogP contribution < -0.4 is 4.74 Å². The highest BCUT2D eigenvalue weighted by Crippen LogP contribution is 2.17. The van der Waals surface area contributed by atoms with Crippen LogP contribution in [0.3, 0.4) is 0 Å². The molecule has 1 aromatic rings. The molecule has 0 heterocycles. The number of hydrogen-bond donors (Lipinski definition) is 0. The minimum absolute atomic E-state index is 0.217. The maximum Gasteiger partial charge on any atom is 0.123 e. The van der Waals surface area contributed by atoms with Gasteiger partial charge in [-0.05, 0) is 37.6 Å². The van der Waals surface area contributed by atoms with E-state index >= 15 is 0 Å². The van der Waals surface area contributed by atoms with Crippen LogP contribution >= 0.6 is 0 Å². The molecule has 0 aliphatic heterocycles. The monoisotopic (exact) mass is 154 g/mol. The lowest BCUT2D eigenvalue weighted by Gasteiger charge is -2.05. The fourth-order valence-corrected chi connectivity index (χ4v) is 0.930. The van der Waals surface area contributed by atoms with Crippen LogP contribution in [0.25, 0.3) is 0 Å². The Hall–Kier alpha value is -1.05. The average molecular weight is 154 g/mol. The Morgan fingerprint density at radius 1 is 1.45 bits per heavy atom. The average Bonchev–Trinajstić information content (AvgIpc) is 1.95. The highest BCUT2D eigenvalue weighted by atomic mass is 19.1. The summed E-state index contributed by atoms with van der Waals surface area (Å²) in [5.41, 5.74) is 0.840. The molecule has 60 valence electrons. The van der Waals surface area contributed by atoms with Crippen molar-refractivity contribution in [2.75, 3.05) is 6.61 Å². The van der Waals surface area contributed by atoms with E-state index in [1.807, 2.05) is 13.8 Å². The summed E-state index contributed by atoms with van der Waals surface area (Å²) in [6.45, 7) is 4.35. The minimum atomic E-state index is -0.217. The molecule has 2 heteroatoms. The van der Waals surface area contributed by atoms with Crippen molar-refractivity contribution in [3.8, 4) is 5.75 Å². The Morgan fingerprint density at radius 3 is 2.73 bits per heavy atom. The second-order valence-corrected chi connectivity index (χ2v) is 2.34. The predicted octanol–water partition coefficient (Wildman–Crippen LogP) is 2.53. The Bertz CT molecular complexity index is 245. The van der Waals surface area contributed by atoms with Gasteiger partial charge in [0.25, 0.3) is 0 Å². The summed E-state index contributed by atoms with van der Waals surface area (Å²) < 4.78 is 17.8.